The summed E-state index contributed by atoms with van der Waals surface area (Å²) in [5.74, 6) is 0. The van der Waals surface area contributed by atoms with E-state index >= 15 is 0 Å². The minimum absolute atomic E-state index is 0.0672. The smallest absolute Gasteiger partial charge is 0.104 e. The Morgan fingerprint density at radius 3 is 1.66 bits per heavy atom. The van der Waals surface area contributed by atoms with Crippen molar-refractivity contribution in [2.75, 3.05) is 0 Å². The minimum Gasteiger partial charge on any atom is -0.366 e. The van der Waals surface area contributed by atoms with E-state index in [1.807, 2.05) is 33.8 Å². The quantitative estimate of drug-likeness (QED) is 0.152. The van der Waals surface area contributed by atoms with E-state index in [1.54, 1.807) is 0 Å². The molecule has 4 nitrogen and oxygen atoms in total. The zero-order valence-corrected chi connectivity index (χ0v) is 39.1. The minimum atomic E-state index is -0.0713. The number of para-hydroxylation sites is 2. The monoisotopic (exact) mass is 870 g/mol. The predicted octanol–water partition coefficient (Wildman–Crippen LogP) is 16.8. The summed E-state index contributed by atoms with van der Waals surface area (Å²) in [5.41, 5.74) is 17.5. The van der Waals surface area contributed by atoms with Crippen molar-refractivity contribution in [2.45, 2.75) is 46.8 Å². The molecule has 0 bridgehead atoms. The summed E-state index contributed by atoms with van der Waals surface area (Å²) < 4.78 is 4.71. The van der Waals surface area contributed by atoms with E-state index in [-0.39, 0.29) is 12.2 Å². The van der Waals surface area contributed by atoms with E-state index < -0.39 is 0 Å². The summed E-state index contributed by atoms with van der Waals surface area (Å²) in [4.78, 5) is 0. The second-order valence-electron chi connectivity index (χ2n) is 16.2. The first kappa shape index (κ1) is 44.3. The van der Waals surface area contributed by atoms with E-state index in [1.165, 1.54) is 71.7 Å². The lowest BCUT2D eigenvalue weighted by Gasteiger charge is -2.33. The molecule has 0 spiro atoms. The van der Waals surface area contributed by atoms with Gasteiger partial charge in [0.25, 0.3) is 0 Å². The third-order valence-electron chi connectivity index (χ3n) is 12.5. The first-order valence-corrected chi connectivity index (χ1v) is 23.7. The van der Waals surface area contributed by atoms with Crippen molar-refractivity contribution < 1.29 is 0 Å². The summed E-state index contributed by atoms with van der Waals surface area (Å²) in [6.07, 6.45) is 8.50. The van der Waals surface area contributed by atoms with Crippen LogP contribution < -0.4 is 10.6 Å². The second kappa shape index (κ2) is 20.1. The summed E-state index contributed by atoms with van der Waals surface area (Å²) in [7, 11) is 0. The van der Waals surface area contributed by atoms with Crippen molar-refractivity contribution in [1.29, 1.82) is 0 Å². The molecule has 10 aromatic rings. The molecule has 2 atom stereocenters. The van der Waals surface area contributed by atoms with Crippen molar-refractivity contribution in [3.63, 3.8) is 0 Å². The molecule has 0 saturated heterocycles. The van der Waals surface area contributed by atoms with Crippen LogP contribution in [0.25, 0.3) is 84.2 Å². The van der Waals surface area contributed by atoms with Gasteiger partial charge in [-0.3, -0.25) is 5.32 Å². The molecule has 0 radical (unpaired) electrons. The van der Waals surface area contributed by atoms with Crippen molar-refractivity contribution >= 4 is 50.6 Å². The van der Waals surface area contributed by atoms with Gasteiger partial charge in [-0.05, 0) is 119 Å². The molecule has 11 rings (SSSR count). The van der Waals surface area contributed by atoms with Gasteiger partial charge < -0.3 is 14.5 Å². The topological polar surface area (TPSA) is 33.9 Å². The van der Waals surface area contributed by atoms with Gasteiger partial charge >= 0.3 is 0 Å². The standard InChI is InChI=1S/C59H46N4.2C2H6/c1-3-17-49-51-37-45(30-34-57(51)62(55(49)4-2)47-24-12-7-13-25-47)43-22-16-23-44(36-43)46-31-35-58-52(38-46)50-26-14-15-27-56(50)63(58)48-32-28-42(29-33-48)59-60-53(40-18-8-5-9-19-40)39-54(61-59)41-20-10-6-11-21-41;2*1-2/h3-39,53,59-61H,2H2,1H3;2*1-2H3/b17-3-;;. The molecule has 2 aromatic heterocycles. The maximum absolute atomic E-state index is 4.22. The number of benzene rings is 8. The highest BCUT2D eigenvalue weighted by Crippen LogP contribution is 2.39. The van der Waals surface area contributed by atoms with Gasteiger partial charge in [0.1, 0.15) is 6.17 Å². The highest BCUT2D eigenvalue weighted by atomic mass is 15.2. The number of fused-ring (bicyclic) bond motifs is 4. The second-order valence-corrected chi connectivity index (χ2v) is 16.2. The lowest BCUT2D eigenvalue weighted by Crippen LogP contribution is -2.39. The molecular formula is C63H58N4. The largest absolute Gasteiger partial charge is 0.366 e. The van der Waals surface area contributed by atoms with Gasteiger partial charge in [-0.15, -0.1) is 0 Å². The van der Waals surface area contributed by atoms with Gasteiger partial charge in [-0.25, -0.2) is 0 Å². The van der Waals surface area contributed by atoms with Crippen LogP contribution in [0, 0.1) is 0 Å². The Morgan fingerprint density at radius 2 is 1.00 bits per heavy atom. The van der Waals surface area contributed by atoms with Gasteiger partial charge in [0.05, 0.1) is 28.3 Å². The Morgan fingerprint density at radius 1 is 0.463 bits per heavy atom. The van der Waals surface area contributed by atoms with Crippen LogP contribution >= 0.6 is 0 Å². The van der Waals surface area contributed by atoms with Crippen molar-refractivity contribution in [2.24, 2.45) is 0 Å². The summed E-state index contributed by atoms with van der Waals surface area (Å²) in [5, 5.41) is 11.3. The fraction of sp³-hybridized carbons (Fsp3) is 0.111. The Kier molecular flexibility index (Phi) is 13.3. The number of aromatic nitrogens is 2. The molecule has 2 N–H and O–H groups in total. The van der Waals surface area contributed by atoms with Gasteiger partial charge in [0.2, 0.25) is 0 Å². The Labute approximate surface area is 395 Å². The predicted molar refractivity (Wildman–Crippen MR) is 289 cm³/mol. The molecule has 0 fully saturated rings. The summed E-state index contributed by atoms with van der Waals surface area (Å²) in [6.45, 7) is 14.3. The van der Waals surface area contributed by atoms with Crippen molar-refractivity contribution in [3.8, 4) is 33.6 Å². The molecule has 0 aliphatic carbocycles. The number of hydrogen-bond acceptors (Lipinski definition) is 2. The molecule has 8 aromatic carbocycles. The fourth-order valence-electron chi connectivity index (χ4n) is 9.51. The lowest BCUT2D eigenvalue weighted by atomic mass is 9.96. The number of allylic oxidation sites excluding steroid dienone is 1. The Balaban J connectivity index is 0.00000137. The third-order valence-corrected chi connectivity index (χ3v) is 12.5. The van der Waals surface area contributed by atoms with Crippen molar-refractivity contribution in [3.05, 3.63) is 247 Å². The molecule has 0 amide bonds. The molecule has 1 aliphatic heterocycles. The molecule has 2 unspecified atom stereocenters. The van der Waals surface area contributed by atoms with E-state index in [0.717, 1.165) is 28.3 Å². The zero-order valence-electron chi connectivity index (χ0n) is 39.1. The van der Waals surface area contributed by atoms with Gasteiger partial charge in [-0.2, -0.15) is 0 Å². The van der Waals surface area contributed by atoms with Crippen LogP contribution in [0.15, 0.2) is 219 Å². The Bertz CT molecular complexity index is 3350. The van der Waals surface area contributed by atoms with Gasteiger partial charge in [0.15, 0.2) is 0 Å². The van der Waals surface area contributed by atoms with Crippen LogP contribution in [0.3, 0.4) is 0 Å². The molecule has 67 heavy (non-hydrogen) atoms. The van der Waals surface area contributed by atoms with Gasteiger partial charge in [-0.1, -0.05) is 186 Å². The molecular weight excluding hydrogens is 813 g/mol. The molecule has 330 valence electrons. The summed E-state index contributed by atoms with van der Waals surface area (Å²) in [6, 6.07) is 72.3. The molecule has 3 heterocycles. The van der Waals surface area contributed by atoms with E-state index in [4.69, 9.17) is 0 Å². The normalized spacial score (nSPS) is 14.5. The van der Waals surface area contributed by atoms with Crippen LogP contribution in [0.2, 0.25) is 0 Å². The number of hydrogen-bond donors (Lipinski definition) is 2. The number of nitrogens with zero attached hydrogens (tertiary/aromatic N) is 2. The molecule has 0 saturated carbocycles. The molecule has 1 aliphatic rings. The van der Waals surface area contributed by atoms with Crippen LogP contribution in [-0.4, -0.2) is 9.13 Å². The van der Waals surface area contributed by atoms with Gasteiger partial charge in [0, 0.05) is 38.8 Å². The average Bonchev–Trinajstić information content (AvgIpc) is 3.92. The lowest BCUT2D eigenvalue weighted by molar-refractivity contribution is 0.442. The highest BCUT2D eigenvalue weighted by Gasteiger charge is 2.24. The first-order chi connectivity index (χ1) is 33.1. The average molecular weight is 871 g/mol. The van der Waals surface area contributed by atoms with Crippen LogP contribution in [0.5, 0.6) is 0 Å². The molecule has 4 heteroatoms. The third kappa shape index (κ3) is 8.56. The van der Waals surface area contributed by atoms with Crippen LogP contribution in [-0.2, 0) is 0 Å². The SMILES string of the molecule is C=Cc1c(/C=C\C)c2cc(-c3cccc(-c4ccc5c(c4)c4ccccc4n5-c4ccc(C5NC(c6ccccc6)=CC(c6ccccc6)N5)cc4)c3)ccc2n1-c1ccccc1.CC.CC. The zero-order chi connectivity index (χ0) is 46.3. The Hall–Kier alpha value is -7.92. The highest BCUT2D eigenvalue weighted by molar-refractivity contribution is 6.10. The van der Waals surface area contributed by atoms with Crippen LogP contribution in [0.1, 0.15) is 74.8 Å². The van der Waals surface area contributed by atoms with Crippen molar-refractivity contribution in [1.82, 2.24) is 19.8 Å². The number of nitrogens with one attached hydrogen (secondary N) is 2. The number of rotatable bonds is 9. The van der Waals surface area contributed by atoms with Crippen LogP contribution in [0.4, 0.5) is 0 Å². The first-order valence-electron chi connectivity index (χ1n) is 23.7. The maximum atomic E-state index is 4.22. The van der Waals surface area contributed by atoms with E-state index in [0.29, 0.717) is 0 Å². The summed E-state index contributed by atoms with van der Waals surface area (Å²) >= 11 is 0. The fourth-order valence-corrected chi connectivity index (χ4v) is 9.51. The maximum Gasteiger partial charge on any atom is 0.104 e. The van der Waals surface area contributed by atoms with E-state index in [9.17, 15) is 0 Å². The van der Waals surface area contributed by atoms with E-state index in [2.05, 4.69) is 252 Å².